The molecule has 0 unspecified atom stereocenters. The van der Waals surface area contributed by atoms with E-state index in [0.29, 0.717) is 25.9 Å². The fourth-order valence-corrected chi connectivity index (χ4v) is 5.02. The molecule has 3 aromatic rings. The maximum absolute atomic E-state index is 13.0. The van der Waals surface area contributed by atoms with Crippen LogP contribution in [0.25, 0.3) is 0 Å². The summed E-state index contributed by atoms with van der Waals surface area (Å²) in [5.41, 5.74) is -0.653. The highest BCUT2D eigenvalue weighted by atomic mass is 32.2. The average Bonchev–Trinajstić information content (AvgIpc) is 2.93. The van der Waals surface area contributed by atoms with Crippen LogP contribution in [0.3, 0.4) is 0 Å². The molecular formula is C27H26F3N3O6S. The Kier molecular flexibility index (Phi) is 8.64. The third-order valence-electron chi connectivity index (χ3n) is 6.18. The molecule has 0 radical (unpaired) electrons. The first-order valence-electron chi connectivity index (χ1n) is 12.2. The van der Waals surface area contributed by atoms with E-state index >= 15 is 0 Å². The number of ether oxygens (including phenoxy) is 1. The lowest BCUT2D eigenvalue weighted by molar-refractivity contribution is -0.137. The van der Waals surface area contributed by atoms with Crippen LogP contribution in [0.1, 0.15) is 28.8 Å². The van der Waals surface area contributed by atoms with E-state index in [2.05, 4.69) is 10.0 Å². The lowest BCUT2D eigenvalue weighted by Crippen LogP contribution is -2.45. The summed E-state index contributed by atoms with van der Waals surface area (Å²) in [5.74, 6) is -0.695. The minimum Gasteiger partial charge on any atom is -0.455 e. The van der Waals surface area contributed by atoms with Gasteiger partial charge in [-0.1, -0.05) is 12.1 Å². The summed E-state index contributed by atoms with van der Waals surface area (Å²) in [6.45, 7) is 0.591. The fraction of sp³-hybridized carbons (Fsp3) is 0.259. The molecule has 1 fully saturated rings. The Labute approximate surface area is 228 Å². The second kappa shape index (κ2) is 12.0. The van der Waals surface area contributed by atoms with Gasteiger partial charge in [0, 0.05) is 18.7 Å². The molecule has 0 aliphatic carbocycles. The molecule has 2 amide bonds. The zero-order valence-electron chi connectivity index (χ0n) is 21.0. The number of nitrogens with zero attached hydrogens (tertiary/aromatic N) is 1. The van der Waals surface area contributed by atoms with Crippen LogP contribution in [-0.2, 0) is 21.0 Å². The molecule has 1 heterocycles. The van der Waals surface area contributed by atoms with Crippen LogP contribution in [0.5, 0.6) is 11.5 Å². The van der Waals surface area contributed by atoms with E-state index < -0.39 is 33.8 Å². The Morgan fingerprint density at radius 1 is 0.950 bits per heavy atom. The number of piperidine rings is 1. The molecule has 9 nitrogen and oxygen atoms in total. The third kappa shape index (κ3) is 7.30. The monoisotopic (exact) mass is 577 g/mol. The van der Waals surface area contributed by atoms with E-state index in [1.54, 1.807) is 17.0 Å². The molecule has 3 aromatic carbocycles. The number of benzene rings is 3. The van der Waals surface area contributed by atoms with E-state index in [4.69, 9.17) is 4.74 Å². The summed E-state index contributed by atoms with van der Waals surface area (Å²) in [7, 11) is -4.13. The van der Waals surface area contributed by atoms with Crippen molar-refractivity contribution >= 4 is 27.5 Å². The Morgan fingerprint density at radius 3 is 2.20 bits per heavy atom. The van der Waals surface area contributed by atoms with Crippen molar-refractivity contribution in [3.05, 3.63) is 83.9 Å². The number of aliphatic hydroxyl groups is 1. The zero-order chi connectivity index (χ0) is 28.9. The molecule has 40 heavy (non-hydrogen) atoms. The predicted molar refractivity (Wildman–Crippen MR) is 139 cm³/mol. The van der Waals surface area contributed by atoms with Crippen LogP contribution in [0, 0.1) is 0 Å². The summed E-state index contributed by atoms with van der Waals surface area (Å²) >= 11 is 0. The van der Waals surface area contributed by atoms with Gasteiger partial charge in [-0.3, -0.25) is 14.3 Å². The average molecular weight is 578 g/mol. The number of sulfonamides is 1. The number of hydrogen-bond donors (Lipinski definition) is 3. The highest BCUT2D eigenvalue weighted by molar-refractivity contribution is 7.92. The van der Waals surface area contributed by atoms with Gasteiger partial charge in [0.2, 0.25) is 5.91 Å². The number of anilines is 1. The van der Waals surface area contributed by atoms with Crippen molar-refractivity contribution in [3.63, 3.8) is 0 Å². The predicted octanol–water partition coefficient (Wildman–Crippen LogP) is 4.01. The van der Waals surface area contributed by atoms with Gasteiger partial charge >= 0.3 is 6.18 Å². The number of para-hydroxylation sites is 2. The Morgan fingerprint density at radius 2 is 1.57 bits per heavy atom. The van der Waals surface area contributed by atoms with Crippen molar-refractivity contribution < 1.29 is 41.0 Å². The van der Waals surface area contributed by atoms with Crippen LogP contribution in [-0.4, -0.2) is 56.0 Å². The van der Waals surface area contributed by atoms with Crippen molar-refractivity contribution in [3.8, 4) is 11.5 Å². The van der Waals surface area contributed by atoms with Gasteiger partial charge in [0.25, 0.3) is 15.9 Å². The van der Waals surface area contributed by atoms with Crippen molar-refractivity contribution in [2.75, 3.05) is 24.4 Å². The highest BCUT2D eigenvalue weighted by Gasteiger charge is 2.30. The minimum absolute atomic E-state index is 0.0490. The van der Waals surface area contributed by atoms with Crippen molar-refractivity contribution in [1.82, 2.24) is 10.2 Å². The lowest BCUT2D eigenvalue weighted by Gasteiger charge is -2.29. The summed E-state index contributed by atoms with van der Waals surface area (Å²) < 4.78 is 72.4. The van der Waals surface area contributed by atoms with Gasteiger partial charge in [0.05, 0.1) is 28.8 Å². The van der Waals surface area contributed by atoms with E-state index in [-0.39, 0.29) is 40.1 Å². The van der Waals surface area contributed by atoms with Gasteiger partial charge in [-0.15, -0.1) is 0 Å². The third-order valence-corrected chi connectivity index (χ3v) is 7.57. The molecule has 0 saturated carbocycles. The minimum atomic E-state index is -4.50. The van der Waals surface area contributed by atoms with Gasteiger partial charge in [0.1, 0.15) is 5.75 Å². The second-order valence-corrected chi connectivity index (χ2v) is 10.7. The number of nitrogens with one attached hydrogen (secondary N) is 2. The molecule has 212 valence electrons. The summed E-state index contributed by atoms with van der Waals surface area (Å²) in [4.78, 5) is 26.2. The molecule has 1 aliphatic rings. The second-order valence-electron chi connectivity index (χ2n) is 9.04. The molecule has 0 atom stereocenters. The normalized spacial score (nSPS) is 14.4. The summed E-state index contributed by atoms with van der Waals surface area (Å²) in [5, 5.41) is 12.1. The number of carbonyl (C=O) groups excluding carboxylic acids is 2. The number of likely N-dealkylation sites (tertiary alicyclic amines) is 1. The number of aliphatic hydroxyl groups excluding tert-OH is 1. The maximum Gasteiger partial charge on any atom is 0.416 e. The molecule has 1 saturated heterocycles. The molecule has 1 aliphatic heterocycles. The van der Waals surface area contributed by atoms with Crippen LogP contribution in [0.2, 0.25) is 0 Å². The standard InChI is InChI=1S/C27H26F3N3O6S/c28-27(29,30)19-7-9-21(10-8-19)39-24-4-2-1-3-23(24)32-40(37,38)22-11-5-18(6-12-22)26(36)31-17-25(35)33-15-13-20(34)14-16-33/h1-12,20,32,34H,13-17H2,(H,31,36). The zero-order valence-corrected chi connectivity index (χ0v) is 21.8. The summed E-state index contributed by atoms with van der Waals surface area (Å²) in [6, 6.07) is 15.0. The first-order chi connectivity index (χ1) is 18.9. The largest absolute Gasteiger partial charge is 0.455 e. The Hall–Kier alpha value is -4.10. The number of carbonyl (C=O) groups is 2. The highest BCUT2D eigenvalue weighted by Crippen LogP contribution is 2.34. The number of rotatable bonds is 8. The van der Waals surface area contributed by atoms with Crippen LogP contribution < -0.4 is 14.8 Å². The van der Waals surface area contributed by atoms with E-state index in [9.17, 15) is 36.3 Å². The molecule has 13 heteroatoms. The molecule has 4 rings (SSSR count). The van der Waals surface area contributed by atoms with Gasteiger partial charge in [-0.25, -0.2) is 8.42 Å². The van der Waals surface area contributed by atoms with Crippen molar-refractivity contribution in [2.45, 2.75) is 30.0 Å². The van der Waals surface area contributed by atoms with Crippen LogP contribution >= 0.6 is 0 Å². The van der Waals surface area contributed by atoms with Crippen LogP contribution in [0.15, 0.2) is 77.7 Å². The van der Waals surface area contributed by atoms with E-state index in [1.165, 1.54) is 36.4 Å². The van der Waals surface area contributed by atoms with Gasteiger partial charge in [-0.05, 0) is 73.5 Å². The van der Waals surface area contributed by atoms with Gasteiger partial charge in [0.15, 0.2) is 5.75 Å². The fourth-order valence-electron chi connectivity index (χ4n) is 3.95. The van der Waals surface area contributed by atoms with E-state index in [1.807, 2.05) is 0 Å². The van der Waals surface area contributed by atoms with Crippen molar-refractivity contribution in [1.29, 1.82) is 0 Å². The maximum atomic E-state index is 13.0. The number of hydrogen-bond acceptors (Lipinski definition) is 6. The van der Waals surface area contributed by atoms with Crippen LogP contribution in [0.4, 0.5) is 18.9 Å². The smallest absolute Gasteiger partial charge is 0.416 e. The first kappa shape index (κ1) is 28.9. The lowest BCUT2D eigenvalue weighted by atomic mass is 10.1. The molecule has 0 aromatic heterocycles. The summed E-state index contributed by atoms with van der Waals surface area (Å²) in [6.07, 6.45) is -3.97. The topological polar surface area (TPSA) is 125 Å². The number of amides is 2. The molecule has 0 bridgehead atoms. The number of alkyl halides is 3. The Bertz CT molecular complexity index is 1450. The first-order valence-corrected chi connectivity index (χ1v) is 13.7. The Balaban J connectivity index is 1.39. The van der Waals surface area contributed by atoms with Gasteiger partial charge < -0.3 is 20.1 Å². The quantitative estimate of drug-likeness (QED) is 0.372. The SMILES string of the molecule is O=C(NCC(=O)N1CCC(O)CC1)c1ccc(S(=O)(=O)Nc2ccccc2Oc2ccc(C(F)(F)F)cc2)cc1. The van der Waals surface area contributed by atoms with Gasteiger partial charge in [-0.2, -0.15) is 13.2 Å². The van der Waals surface area contributed by atoms with Crippen molar-refractivity contribution in [2.24, 2.45) is 0 Å². The molecular weight excluding hydrogens is 551 g/mol. The van der Waals surface area contributed by atoms with E-state index in [0.717, 1.165) is 24.3 Å². The number of halogens is 3. The molecule has 0 spiro atoms. The molecule has 3 N–H and O–H groups in total.